The molecule has 0 bridgehead atoms. The third-order valence-corrected chi connectivity index (χ3v) is 5.68. The largest absolute Gasteiger partial charge is 0.483 e. The highest BCUT2D eigenvalue weighted by Gasteiger charge is 2.34. The van der Waals surface area contributed by atoms with Crippen molar-refractivity contribution >= 4 is 29.9 Å². The number of benzene rings is 1. The Morgan fingerprint density at radius 1 is 1.00 bits per heavy atom. The first-order valence-electron chi connectivity index (χ1n) is 13.9. The number of nitrogens with one attached hydrogen (secondary N) is 2. The summed E-state index contributed by atoms with van der Waals surface area (Å²) >= 11 is 0. The number of hydrogen-bond donors (Lipinski definition) is 3. The smallest absolute Gasteiger partial charge is 0.258 e. The average molecular weight is 598 g/mol. The summed E-state index contributed by atoms with van der Waals surface area (Å²) in [5, 5.41) is 13.4. The summed E-state index contributed by atoms with van der Waals surface area (Å²) < 4.78 is 26.6. The van der Waals surface area contributed by atoms with Crippen molar-refractivity contribution in [2.24, 2.45) is 0 Å². The fourth-order valence-electron chi connectivity index (χ4n) is 3.65. The molecule has 0 aromatic heterocycles. The Labute approximate surface area is 245 Å². The van der Waals surface area contributed by atoms with Gasteiger partial charge in [-0.15, -0.1) is 0 Å². The minimum atomic E-state index is -0.886. The van der Waals surface area contributed by atoms with Crippen molar-refractivity contribution in [3.8, 4) is 5.75 Å². The van der Waals surface area contributed by atoms with Crippen LogP contribution in [0.2, 0.25) is 0 Å². The van der Waals surface area contributed by atoms with E-state index in [1.807, 2.05) is 13.8 Å². The highest BCUT2D eigenvalue weighted by molar-refractivity contribution is 6.07. The lowest BCUT2D eigenvalue weighted by Gasteiger charge is -2.30. The molecule has 1 heterocycles. The van der Waals surface area contributed by atoms with Gasteiger partial charge in [0.05, 0.1) is 65.0 Å². The fourth-order valence-corrected chi connectivity index (χ4v) is 3.65. The lowest BCUT2D eigenvalue weighted by molar-refractivity contribution is -0.136. The van der Waals surface area contributed by atoms with Crippen LogP contribution in [0.3, 0.4) is 0 Å². The van der Waals surface area contributed by atoms with E-state index in [1.165, 1.54) is 25.2 Å². The Bertz CT molecular complexity index is 990. The number of imide groups is 1. The highest BCUT2D eigenvalue weighted by atomic mass is 16.6. The van der Waals surface area contributed by atoms with Gasteiger partial charge >= 0.3 is 0 Å². The summed E-state index contributed by atoms with van der Waals surface area (Å²) in [6.07, 6.45) is 0.727. The number of aliphatic hydroxyl groups excluding tert-OH is 1. The van der Waals surface area contributed by atoms with Crippen LogP contribution in [-0.2, 0) is 33.3 Å². The molecule has 1 aromatic carbocycles. The van der Waals surface area contributed by atoms with E-state index in [0.717, 1.165) is 4.90 Å². The zero-order valence-electron chi connectivity index (χ0n) is 24.6. The molecular weight excluding hydrogens is 554 g/mol. The molecule has 1 fully saturated rings. The first-order valence-corrected chi connectivity index (χ1v) is 13.9. The molecule has 14 heteroatoms. The van der Waals surface area contributed by atoms with Gasteiger partial charge in [-0.3, -0.25) is 29.3 Å². The van der Waals surface area contributed by atoms with Crippen LogP contribution in [0.5, 0.6) is 5.75 Å². The van der Waals surface area contributed by atoms with Gasteiger partial charge in [0.2, 0.25) is 11.8 Å². The summed E-state index contributed by atoms with van der Waals surface area (Å²) in [6.45, 7) is 6.64. The number of aldehydes is 1. The zero-order valence-corrected chi connectivity index (χ0v) is 24.6. The van der Waals surface area contributed by atoms with E-state index < -0.39 is 36.3 Å². The summed E-state index contributed by atoms with van der Waals surface area (Å²) in [4.78, 5) is 61.8. The third kappa shape index (κ3) is 13.5. The minimum Gasteiger partial charge on any atom is -0.483 e. The molecule has 1 aromatic rings. The van der Waals surface area contributed by atoms with E-state index in [9.17, 15) is 24.0 Å². The van der Waals surface area contributed by atoms with E-state index >= 15 is 0 Å². The van der Waals surface area contributed by atoms with Gasteiger partial charge in [-0.25, -0.2) is 0 Å². The van der Waals surface area contributed by atoms with Crippen LogP contribution in [-0.4, -0.2) is 126 Å². The molecule has 2 rings (SSSR count). The molecule has 0 saturated carbocycles. The monoisotopic (exact) mass is 597 g/mol. The standard InChI is InChI=1S/C26H37N3O11.C2H6/c1-29(20-5-6-22(32)28-25(20)34)26(35)24-19(17-31)3-2-4-21(24)40-18-23(33)27-7-9-36-11-13-38-15-16-39-14-12-37-10-8-30;1-2/h2-4,17,20,30H,5-16,18H2,1H3,(H,27,33)(H,28,32,34);1-2H3. The Kier molecular flexibility index (Phi) is 19.3. The maximum absolute atomic E-state index is 13.2. The molecule has 1 aliphatic heterocycles. The van der Waals surface area contributed by atoms with Gasteiger partial charge in [-0.1, -0.05) is 26.0 Å². The first kappa shape index (κ1) is 36.6. The summed E-state index contributed by atoms with van der Waals surface area (Å²) in [7, 11) is 1.40. The maximum atomic E-state index is 13.2. The number of nitrogens with zero attached hydrogens (tertiary/aromatic N) is 1. The van der Waals surface area contributed by atoms with Crippen molar-refractivity contribution in [2.45, 2.75) is 32.7 Å². The van der Waals surface area contributed by atoms with Crippen molar-refractivity contribution in [1.29, 1.82) is 0 Å². The zero-order chi connectivity index (χ0) is 31.2. The Morgan fingerprint density at radius 3 is 2.17 bits per heavy atom. The average Bonchev–Trinajstić information content (AvgIpc) is 3.00. The number of likely N-dealkylation sites (N-methyl/N-ethyl adjacent to an activating group) is 1. The number of carbonyl (C=O) groups is 5. The lowest BCUT2D eigenvalue weighted by atomic mass is 10.0. The molecule has 0 aliphatic carbocycles. The molecular formula is C28H43N3O11. The molecule has 14 nitrogen and oxygen atoms in total. The van der Waals surface area contributed by atoms with Gasteiger partial charge in [0.25, 0.3) is 11.8 Å². The van der Waals surface area contributed by atoms with Crippen LogP contribution in [0.4, 0.5) is 0 Å². The number of aliphatic hydroxyl groups is 1. The number of amides is 4. The van der Waals surface area contributed by atoms with Gasteiger partial charge in [-0.05, 0) is 12.5 Å². The van der Waals surface area contributed by atoms with Crippen LogP contribution < -0.4 is 15.4 Å². The summed E-state index contributed by atoms with van der Waals surface area (Å²) in [5.41, 5.74) is -0.0439. The fraction of sp³-hybridized carbons (Fsp3) is 0.607. The molecule has 3 N–H and O–H groups in total. The molecule has 0 spiro atoms. The van der Waals surface area contributed by atoms with Crippen molar-refractivity contribution in [3.63, 3.8) is 0 Å². The van der Waals surface area contributed by atoms with Crippen LogP contribution in [0.25, 0.3) is 0 Å². The van der Waals surface area contributed by atoms with Crippen LogP contribution in [0.15, 0.2) is 18.2 Å². The van der Waals surface area contributed by atoms with E-state index in [0.29, 0.717) is 45.9 Å². The predicted molar refractivity (Wildman–Crippen MR) is 150 cm³/mol. The lowest BCUT2D eigenvalue weighted by Crippen LogP contribution is -2.53. The van der Waals surface area contributed by atoms with Crippen LogP contribution >= 0.6 is 0 Å². The molecule has 0 radical (unpaired) electrons. The number of hydrogen-bond acceptors (Lipinski definition) is 11. The molecule has 1 atom stereocenters. The van der Waals surface area contributed by atoms with E-state index in [-0.39, 0.29) is 56.1 Å². The van der Waals surface area contributed by atoms with Crippen molar-refractivity contribution in [2.75, 3.05) is 79.7 Å². The van der Waals surface area contributed by atoms with Crippen LogP contribution in [0.1, 0.15) is 47.4 Å². The second-order valence-electron chi connectivity index (χ2n) is 8.53. The predicted octanol–water partition coefficient (Wildman–Crippen LogP) is -0.0438. The molecule has 42 heavy (non-hydrogen) atoms. The number of piperidine rings is 1. The molecule has 4 amide bonds. The quantitative estimate of drug-likeness (QED) is 0.104. The van der Waals surface area contributed by atoms with Gasteiger partial charge in [0.1, 0.15) is 11.8 Å². The number of carbonyl (C=O) groups excluding carboxylic acids is 5. The van der Waals surface area contributed by atoms with Crippen LogP contribution in [0, 0.1) is 0 Å². The SMILES string of the molecule is CC.CN(C(=O)c1c(C=O)cccc1OCC(=O)NCCOCCOCCOCCOCCO)C1CCC(=O)NC1=O. The maximum Gasteiger partial charge on any atom is 0.258 e. The molecule has 1 saturated heterocycles. The van der Waals surface area contributed by atoms with E-state index in [4.69, 9.17) is 28.8 Å². The summed E-state index contributed by atoms with van der Waals surface area (Å²) in [5.74, 6) is -2.12. The van der Waals surface area contributed by atoms with Crippen molar-refractivity contribution in [3.05, 3.63) is 29.3 Å². The van der Waals surface area contributed by atoms with Gasteiger partial charge in [0, 0.05) is 25.6 Å². The molecule has 236 valence electrons. The highest BCUT2D eigenvalue weighted by Crippen LogP contribution is 2.25. The minimum absolute atomic E-state index is 0.0129. The Hall–Kier alpha value is -3.43. The second-order valence-corrected chi connectivity index (χ2v) is 8.53. The number of ether oxygens (including phenoxy) is 5. The Morgan fingerprint density at radius 2 is 1.60 bits per heavy atom. The topological polar surface area (TPSA) is 179 Å². The van der Waals surface area contributed by atoms with E-state index in [1.54, 1.807) is 0 Å². The Balaban J connectivity index is 0.00000431. The molecule has 1 aliphatic rings. The third-order valence-electron chi connectivity index (χ3n) is 5.68. The second kappa shape index (κ2) is 22.2. The molecule has 1 unspecified atom stereocenters. The van der Waals surface area contributed by atoms with Gasteiger partial charge in [0.15, 0.2) is 12.9 Å². The van der Waals surface area contributed by atoms with Crippen molar-refractivity contribution in [1.82, 2.24) is 15.5 Å². The van der Waals surface area contributed by atoms with E-state index in [2.05, 4.69) is 10.6 Å². The van der Waals surface area contributed by atoms with Gasteiger partial charge < -0.3 is 39.0 Å². The number of rotatable bonds is 20. The van der Waals surface area contributed by atoms with Crippen molar-refractivity contribution < 1.29 is 52.8 Å². The summed E-state index contributed by atoms with van der Waals surface area (Å²) in [6, 6.07) is 3.50. The normalized spacial score (nSPS) is 14.3. The first-order chi connectivity index (χ1) is 20.4. The van der Waals surface area contributed by atoms with Gasteiger partial charge in [-0.2, -0.15) is 0 Å².